The van der Waals surface area contributed by atoms with E-state index < -0.39 is 5.97 Å². The van der Waals surface area contributed by atoms with Crippen molar-refractivity contribution < 1.29 is 9.90 Å². The van der Waals surface area contributed by atoms with Crippen molar-refractivity contribution in [2.24, 2.45) is 0 Å². The van der Waals surface area contributed by atoms with E-state index in [4.69, 9.17) is 5.11 Å². The maximum absolute atomic E-state index is 10.8. The Kier molecular flexibility index (Phi) is 5.95. The van der Waals surface area contributed by atoms with Gasteiger partial charge < -0.3 is 15.3 Å². The predicted octanol–water partition coefficient (Wildman–Crippen LogP) is 2.61. The van der Waals surface area contributed by atoms with E-state index in [1.165, 1.54) is 22.9 Å². The minimum absolute atomic E-state index is 0.0626. The summed E-state index contributed by atoms with van der Waals surface area (Å²) in [5.74, 6) is -0.522. The summed E-state index contributed by atoms with van der Waals surface area (Å²) in [6, 6.07) is 8.64. The van der Waals surface area contributed by atoms with Gasteiger partial charge in [0, 0.05) is 11.4 Å². The average Bonchev–Trinajstić information content (AvgIpc) is 2.55. The molecule has 0 bridgehead atoms. The van der Waals surface area contributed by atoms with Gasteiger partial charge in [-0.15, -0.1) is 11.8 Å². The molecule has 0 radical (unpaired) electrons. The summed E-state index contributed by atoms with van der Waals surface area (Å²) >= 11 is 1.72. The Balaban J connectivity index is 2.05. The molecule has 1 atom stereocenters. The summed E-state index contributed by atoms with van der Waals surface area (Å²) in [5, 5.41) is 12.0. The number of carboxylic acid groups (broad SMARTS) is 1. The number of carboxylic acids is 1. The normalized spacial score (nSPS) is 12.2. The van der Waals surface area contributed by atoms with Crippen molar-refractivity contribution in [3.63, 3.8) is 0 Å². The molecule has 1 aromatic carbocycles. The Labute approximate surface area is 140 Å². The van der Waals surface area contributed by atoms with E-state index in [0.29, 0.717) is 12.4 Å². The number of nitrogens with one attached hydrogen (secondary N) is 1. The number of anilines is 1. The molecule has 1 unspecified atom stereocenters. The zero-order valence-corrected chi connectivity index (χ0v) is 14.2. The number of hydrogen-bond donors (Lipinski definition) is 2. The van der Waals surface area contributed by atoms with Crippen LogP contribution in [0.1, 0.15) is 22.1 Å². The van der Waals surface area contributed by atoms with Gasteiger partial charge in [0.25, 0.3) is 0 Å². The van der Waals surface area contributed by atoms with Gasteiger partial charge in [0.2, 0.25) is 0 Å². The molecule has 2 N–H and O–H groups in total. The van der Waals surface area contributed by atoms with Crippen LogP contribution in [0.5, 0.6) is 0 Å². The number of aromatic nitrogens is 2. The van der Waals surface area contributed by atoms with E-state index in [0.717, 1.165) is 0 Å². The van der Waals surface area contributed by atoms with Crippen LogP contribution in [0.15, 0.2) is 41.6 Å². The van der Waals surface area contributed by atoms with Gasteiger partial charge in [-0.2, -0.15) is 0 Å². The van der Waals surface area contributed by atoms with Crippen LogP contribution in [-0.2, 0) is 0 Å². The molecule has 23 heavy (non-hydrogen) atoms. The molecule has 0 aliphatic carbocycles. The fourth-order valence-corrected chi connectivity index (χ4v) is 2.56. The number of benzene rings is 1. The summed E-state index contributed by atoms with van der Waals surface area (Å²) in [6.07, 6.45) is 4.75. The smallest absolute Gasteiger partial charge is 0.356 e. The van der Waals surface area contributed by atoms with Crippen LogP contribution in [0.3, 0.4) is 0 Å². The lowest BCUT2D eigenvalue weighted by Crippen LogP contribution is -2.27. The molecule has 1 aromatic heterocycles. The number of carbonyl (C=O) groups is 1. The van der Waals surface area contributed by atoms with Crippen LogP contribution in [0.25, 0.3) is 0 Å². The Morgan fingerprint density at radius 3 is 2.43 bits per heavy atom. The lowest BCUT2D eigenvalue weighted by Gasteiger charge is -2.25. The van der Waals surface area contributed by atoms with E-state index in [9.17, 15) is 4.79 Å². The minimum atomic E-state index is -1.08. The highest BCUT2D eigenvalue weighted by molar-refractivity contribution is 7.98. The first-order valence-corrected chi connectivity index (χ1v) is 8.33. The van der Waals surface area contributed by atoms with E-state index in [1.807, 2.05) is 14.1 Å². The first-order chi connectivity index (χ1) is 11.0. The molecule has 2 aromatic rings. The minimum Gasteiger partial charge on any atom is -0.476 e. The van der Waals surface area contributed by atoms with Crippen molar-refractivity contribution in [1.29, 1.82) is 0 Å². The molecule has 0 fully saturated rings. The molecule has 122 valence electrons. The maximum atomic E-state index is 10.8. The van der Waals surface area contributed by atoms with Gasteiger partial charge in [0.05, 0.1) is 18.4 Å². The highest BCUT2D eigenvalue weighted by Crippen LogP contribution is 2.22. The Bertz CT molecular complexity index is 644. The largest absolute Gasteiger partial charge is 0.476 e. The molecule has 7 heteroatoms. The third-order valence-electron chi connectivity index (χ3n) is 3.47. The zero-order chi connectivity index (χ0) is 16.8. The third kappa shape index (κ3) is 4.67. The number of hydrogen-bond acceptors (Lipinski definition) is 6. The van der Waals surface area contributed by atoms with Crippen LogP contribution < -0.4 is 5.32 Å². The second kappa shape index (κ2) is 7.94. The molecule has 1 heterocycles. The van der Waals surface area contributed by atoms with E-state index in [1.54, 1.807) is 11.8 Å². The maximum Gasteiger partial charge on any atom is 0.356 e. The van der Waals surface area contributed by atoms with Gasteiger partial charge in [-0.1, -0.05) is 12.1 Å². The SMILES string of the molecule is CSc1ccc(C(CNc2cnc(C(=O)O)cn2)N(C)C)cc1. The number of nitrogens with zero attached hydrogens (tertiary/aromatic N) is 3. The molecule has 0 amide bonds. The van der Waals surface area contributed by atoms with Gasteiger partial charge in [-0.3, -0.25) is 0 Å². The van der Waals surface area contributed by atoms with Gasteiger partial charge in [-0.05, 0) is 38.0 Å². The van der Waals surface area contributed by atoms with E-state index >= 15 is 0 Å². The summed E-state index contributed by atoms with van der Waals surface area (Å²) in [6.45, 7) is 0.646. The molecular formula is C16H20N4O2S. The van der Waals surface area contributed by atoms with Crippen molar-refractivity contribution in [2.75, 3.05) is 32.2 Å². The lowest BCUT2D eigenvalue weighted by molar-refractivity contribution is 0.0690. The van der Waals surface area contributed by atoms with E-state index in [2.05, 4.69) is 50.7 Å². The van der Waals surface area contributed by atoms with Crippen LogP contribution in [-0.4, -0.2) is 52.8 Å². The van der Waals surface area contributed by atoms with Crippen LogP contribution in [0.2, 0.25) is 0 Å². The number of rotatable bonds is 7. The molecule has 0 saturated carbocycles. The van der Waals surface area contributed by atoms with Crippen molar-refractivity contribution in [3.05, 3.63) is 47.9 Å². The Morgan fingerprint density at radius 2 is 1.96 bits per heavy atom. The van der Waals surface area contributed by atoms with Crippen LogP contribution in [0.4, 0.5) is 5.82 Å². The molecule has 6 nitrogen and oxygen atoms in total. The topological polar surface area (TPSA) is 78.3 Å². The first kappa shape index (κ1) is 17.2. The van der Waals surface area contributed by atoms with Gasteiger partial charge in [0.15, 0.2) is 5.69 Å². The molecule has 2 rings (SSSR count). The molecular weight excluding hydrogens is 312 g/mol. The van der Waals surface area contributed by atoms with Crippen molar-refractivity contribution in [3.8, 4) is 0 Å². The molecule has 0 spiro atoms. The molecule has 0 aliphatic heterocycles. The Hall–Kier alpha value is -2.12. The predicted molar refractivity (Wildman–Crippen MR) is 92.1 cm³/mol. The van der Waals surface area contributed by atoms with Gasteiger partial charge in [-0.25, -0.2) is 14.8 Å². The lowest BCUT2D eigenvalue weighted by atomic mass is 10.1. The number of likely N-dealkylation sites (N-methyl/N-ethyl adjacent to an activating group) is 1. The highest BCUT2D eigenvalue weighted by Gasteiger charge is 2.14. The number of aromatic carboxylic acids is 1. The third-order valence-corrected chi connectivity index (χ3v) is 4.21. The number of thioether (sulfide) groups is 1. The van der Waals surface area contributed by atoms with Crippen LogP contribution >= 0.6 is 11.8 Å². The zero-order valence-electron chi connectivity index (χ0n) is 13.4. The quantitative estimate of drug-likeness (QED) is 0.755. The summed E-state index contributed by atoms with van der Waals surface area (Å²) in [7, 11) is 4.04. The second-order valence-electron chi connectivity index (χ2n) is 5.23. The Morgan fingerprint density at radius 1 is 1.26 bits per heavy atom. The fourth-order valence-electron chi connectivity index (χ4n) is 2.16. The molecule has 0 saturated heterocycles. The standard InChI is InChI=1S/C16H20N4O2S/c1-20(2)14(11-4-6-12(23-3)7-5-11)9-19-15-10-17-13(8-18-15)16(21)22/h4-8,10,14H,9H2,1-3H3,(H,18,19)(H,21,22). The fraction of sp³-hybridized carbons (Fsp3) is 0.312. The second-order valence-corrected chi connectivity index (χ2v) is 6.11. The van der Waals surface area contributed by atoms with Gasteiger partial charge >= 0.3 is 5.97 Å². The first-order valence-electron chi connectivity index (χ1n) is 7.11. The molecule has 0 aliphatic rings. The van der Waals surface area contributed by atoms with E-state index in [-0.39, 0.29) is 11.7 Å². The highest BCUT2D eigenvalue weighted by atomic mass is 32.2. The van der Waals surface area contributed by atoms with Crippen molar-refractivity contribution >= 4 is 23.5 Å². The summed E-state index contributed by atoms with van der Waals surface area (Å²) in [5.41, 5.74) is 1.14. The van der Waals surface area contributed by atoms with Crippen LogP contribution in [0, 0.1) is 0 Å². The monoisotopic (exact) mass is 332 g/mol. The summed E-state index contributed by atoms with van der Waals surface area (Å²) in [4.78, 5) is 22.1. The van der Waals surface area contributed by atoms with Crippen molar-refractivity contribution in [1.82, 2.24) is 14.9 Å². The van der Waals surface area contributed by atoms with Crippen molar-refractivity contribution in [2.45, 2.75) is 10.9 Å². The average molecular weight is 332 g/mol. The van der Waals surface area contributed by atoms with Gasteiger partial charge in [0.1, 0.15) is 5.82 Å². The summed E-state index contributed by atoms with van der Waals surface area (Å²) < 4.78 is 0.